The zero-order chi connectivity index (χ0) is 15.0. The first-order chi connectivity index (χ1) is 9.42. The molecule has 1 amide bonds. The Morgan fingerprint density at radius 2 is 2.10 bits per heavy atom. The summed E-state index contributed by atoms with van der Waals surface area (Å²) in [7, 11) is -1.58. The van der Waals surface area contributed by atoms with Gasteiger partial charge in [-0.2, -0.15) is 0 Å². The van der Waals surface area contributed by atoms with Gasteiger partial charge in [0.1, 0.15) is 0 Å². The first-order valence-corrected chi connectivity index (χ1v) is 8.75. The van der Waals surface area contributed by atoms with E-state index in [1.807, 2.05) is 0 Å². The molecule has 0 aromatic heterocycles. The summed E-state index contributed by atoms with van der Waals surface area (Å²) in [5, 5.41) is 5.80. The van der Waals surface area contributed by atoms with Crippen molar-refractivity contribution in [3.8, 4) is 0 Å². The van der Waals surface area contributed by atoms with E-state index in [0.29, 0.717) is 19.7 Å². The van der Waals surface area contributed by atoms with Crippen LogP contribution in [0.4, 0.5) is 0 Å². The lowest BCUT2D eigenvalue weighted by atomic mass is 10.0. The second-order valence-corrected chi connectivity index (χ2v) is 6.94. The van der Waals surface area contributed by atoms with Gasteiger partial charge in [0.2, 0.25) is 15.9 Å². The minimum absolute atomic E-state index is 0.0632. The summed E-state index contributed by atoms with van der Waals surface area (Å²) in [5.74, 6) is 0.0961. The van der Waals surface area contributed by atoms with E-state index in [2.05, 4.69) is 15.4 Å². The first kappa shape index (κ1) is 17.4. The smallest absolute Gasteiger partial charge is 0.233 e. The van der Waals surface area contributed by atoms with Gasteiger partial charge in [0.15, 0.2) is 0 Å². The summed E-state index contributed by atoms with van der Waals surface area (Å²) < 4.78 is 30.0. The van der Waals surface area contributed by atoms with E-state index in [-0.39, 0.29) is 24.4 Å². The molecular weight excluding hydrogens is 282 g/mol. The molecule has 0 bridgehead atoms. The Hall–Kier alpha value is -0.700. The van der Waals surface area contributed by atoms with Gasteiger partial charge in [0, 0.05) is 26.2 Å². The molecule has 118 valence electrons. The maximum Gasteiger partial charge on any atom is 0.233 e. The van der Waals surface area contributed by atoms with Crippen LogP contribution in [0.15, 0.2) is 0 Å². The van der Waals surface area contributed by atoms with Crippen molar-refractivity contribution in [1.29, 1.82) is 0 Å². The quantitative estimate of drug-likeness (QED) is 0.478. The fourth-order valence-electron chi connectivity index (χ4n) is 2.39. The molecule has 1 saturated carbocycles. The van der Waals surface area contributed by atoms with Crippen LogP contribution in [0.5, 0.6) is 0 Å². The molecule has 0 aromatic carbocycles. The molecule has 0 heterocycles. The van der Waals surface area contributed by atoms with Gasteiger partial charge in [0.25, 0.3) is 0 Å². The topological polar surface area (TPSA) is 96.5 Å². The van der Waals surface area contributed by atoms with Gasteiger partial charge in [0.05, 0.1) is 19.4 Å². The number of sulfonamides is 1. The molecule has 2 atom stereocenters. The molecule has 20 heavy (non-hydrogen) atoms. The molecule has 0 saturated heterocycles. The third kappa shape index (κ3) is 7.18. The molecular formula is C12H25N3O4S. The molecule has 8 heteroatoms. The standard InChI is InChI=1S/C12H25N3O4S/c1-19-7-6-13-9-12(16)14-8-10-4-3-5-11(10)15-20(2,17)18/h10-11,13,15H,3-9H2,1-2H3,(H,14,16). The third-order valence-corrected chi connectivity index (χ3v) is 4.09. The summed E-state index contributed by atoms with van der Waals surface area (Å²) in [6, 6.07) is -0.0632. The monoisotopic (exact) mass is 307 g/mol. The zero-order valence-corrected chi connectivity index (χ0v) is 13.0. The van der Waals surface area contributed by atoms with Crippen molar-refractivity contribution < 1.29 is 17.9 Å². The Morgan fingerprint density at radius 3 is 2.75 bits per heavy atom. The van der Waals surface area contributed by atoms with Crippen LogP contribution in [0, 0.1) is 5.92 Å². The van der Waals surface area contributed by atoms with Gasteiger partial charge < -0.3 is 15.4 Å². The molecule has 1 aliphatic rings. The molecule has 2 unspecified atom stereocenters. The average molecular weight is 307 g/mol. The number of hydrogen-bond donors (Lipinski definition) is 3. The van der Waals surface area contributed by atoms with Gasteiger partial charge >= 0.3 is 0 Å². The van der Waals surface area contributed by atoms with Crippen LogP contribution in [0.25, 0.3) is 0 Å². The lowest BCUT2D eigenvalue weighted by Crippen LogP contribution is -2.43. The van der Waals surface area contributed by atoms with Crippen molar-refractivity contribution in [2.75, 3.05) is 39.6 Å². The summed E-state index contributed by atoms with van der Waals surface area (Å²) in [4.78, 5) is 11.6. The van der Waals surface area contributed by atoms with Gasteiger partial charge in [-0.05, 0) is 18.8 Å². The van der Waals surface area contributed by atoms with Crippen LogP contribution in [0.2, 0.25) is 0 Å². The van der Waals surface area contributed by atoms with Crippen molar-refractivity contribution >= 4 is 15.9 Å². The predicted molar refractivity (Wildman–Crippen MR) is 76.9 cm³/mol. The van der Waals surface area contributed by atoms with E-state index < -0.39 is 10.0 Å². The predicted octanol–water partition coefficient (Wildman–Crippen LogP) is -0.943. The molecule has 0 aliphatic heterocycles. The molecule has 0 spiro atoms. The number of amides is 1. The van der Waals surface area contributed by atoms with Gasteiger partial charge in [-0.25, -0.2) is 13.1 Å². The van der Waals surface area contributed by atoms with Crippen LogP contribution >= 0.6 is 0 Å². The summed E-state index contributed by atoms with van der Waals surface area (Å²) >= 11 is 0. The van der Waals surface area contributed by atoms with Crippen LogP contribution in [-0.4, -0.2) is 60.0 Å². The molecule has 1 aliphatic carbocycles. The van der Waals surface area contributed by atoms with E-state index in [1.165, 1.54) is 6.26 Å². The largest absolute Gasteiger partial charge is 0.383 e. The fraction of sp³-hybridized carbons (Fsp3) is 0.917. The average Bonchev–Trinajstić information content (AvgIpc) is 2.77. The van der Waals surface area contributed by atoms with Gasteiger partial charge in [-0.3, -0.25) is 4.79 Å². The van der Waals surface area contributed by atoms with Crippen molar-refractivity contribution in [3.63, 3.8) is 0 Å². The molecule has 1 rings (SSSR count). The fourth-order valence-corrected chi connectivity index (χ4v) is 3.26. The second-order valence-electron chi connectivity index (χ2n) is 5.16. The Bertz CT molecular complexity index is 400. The lowest BCUT2D eigenvalue weighted by molar-refractivity contribution is -0.120. The van der Waals surface area contributed by atoms with Gasteiger partial charge in [-0.1, -0.05) is 6.42 Å². The van der Waals surface area contributed by atoms with E-state index in [0.717, 1.165) is 19.3 Å². The Kier molecular flexibility index (Phi) is 7.42. The van der Waals surface area contributed by atoms with Crippen molar-refractivity contribution in [1.82, 2.24) is 15.4 Å². The lowest BCUT2D eigenvalue weighted by Gasteiger charge is -2.20. The molecule has 7 nitrogen and oxygen atoms in total. The highest BCUT2D eigenvalue weighted by Crippen LogP contribution is 2.25. The van der Waals surface area contributed by atoms with Crippen LogP contribution in [0.1, 0.15) is 19.3 Å². The Balaban J connectivity index is 2.24. The zero-order valence-electron chi connectivity index (χ0n) is 12.1. The van der Waals surface area contributed by atoms with Crippen molar-refractivity contribution in [3.05, 3.63) is 0 Å². The normalized spacial score (nSPS) is 22.9. The highest BCUT2D eigenvalue weighted by Gasteiger charge is 2.29. The number of nitrogens with one attached hydrogen (secondary N) is 3. The Morgan fingerprint density at radius 1 is 1.35 bits per heavy atom. The number of ether oxygens (including phenoxy) is 1. The highest BCUT2D eigenvalue weighted by molar-refractivity contribution is 7.88. The summed E-state index contributed by atoms with van der Waals surface area (Å²) in [6.07, 6.45) is 3.92. The van der Waals surface area contributed by atoms with Crippen LogP contribution < -0.4 is 15.4 Å². The number of hydrogen-bond acceptors (Lipinski definition) is 5. The van der Waals surface area contributed by atoms with Gasteiger partial charge in [-0.15, -0.1) is 0 Å². The second kappa shape index (κ2) is 8.56. The van der Waals surface area contributed by atoms with E-state index in [9.17, 15) is 13.2 Å². The van der Waals surface area contributed by atoms with Crippen molar-refractivity contribution in [2.24, 2.45) is 5.92 Å². The molecule has 0 radical (unpaired) electrons. The molecule has 0 aromatic rings. The highest BCUT2D eigenvalue weighted by atomic mass is 32.2. The first-order valence-electron chi connectivity index (χ1n) is 6.86. The van der Waals surface area contributed by atoms with Crippen LogP contribution in [0.3, 0.4) is 0 Å². The molecule has 3 N–H and O–H groups in total. The SMILES string of the molecule is COCCNCC(=O)NCC1CCCC1NS(C)(=O)=O. The number of rotatable bonds is 9. The minimum atomic E-state index is -3.19. The maximum atomic E-state index is 11.6. The summed E-state index contributed by atoms with van der Waals surface area (Å²) in [6.45, 7) is 1.96. The van der Waals surface area contributed by atoms with E-state index >= 15 is 0 Å². The number of carbonyl (C=O) groups is 1. The number of methoxy groups -OCH3 is 1. The maximum absolute atomic E-state index is 11.6. The van der Waals surface area contributed by atoms with Crippen molar-refractivity contribution in [2.45, 2.75) is 25.3 Å². The molecule has 1 fully saturated rings. The number of carbonyl (C=O) groups excluding carboxylic acids is 1. The third-order valence-electron chi connectivity index (χ3n) is 3.35. The Labute approximate surface area is 120 Å². The van der Waals surface area contributed by atoms with E-state index in [1.54, 1.807) is 7.11 Å². The van der Waals surface area contributed by atoms with E-state index in [4.69, 9.17) is 4.74 Å². The minimum Gasteiger partial charge on any atom is -0.383 e. The summed E-state index contributed by atoms with van der Waals surface area (Å²) in [5.41, 5.74) is 0. The van der Waals surface area contributed by atoms with Crippen LogP contribution in [-0.2, 0) is 19.6 Å².